The van der Waals surface area contributed by atoms with Gasteiger partial charge >= 0.3 is 0 Å². The molecule has 2 aromatic carbocycles. The zero-order chi connectivity index (χ0) is 16.8. The lowest BCUT2D eigenvalue weighted by Crippen LogP contribution is -2.40. The number of rotatable bonds is 6. The minimum absolute atomic E-state index is 0.182. The fourth-order valence-electron chi connectivity index (χ4n) is 2.38. The smallest absolute Gasteiger partial charge is 0.269 e. The van der Waals surface area contributed by atoms with Crippen LogP contribution in [0, 0.1) is 0 Å². The van der Waals surface area contributed by atoms with E-state index in [1.807, 2.05) is 42.5 Å². The van der Waals surface area contributed by atoms with E-state index in [1.165, 1.54) is 0 Å². The van der Waals surface area contributed by atoms with Crippen LogP contribution in [0.5, 0.6) is 17.2 Å². The number of hydrogen-bond donors (Lipinski definition) is 1. The van der Waals surface area contributed by atoms with Gasteiger partial charge in [0.2, 0.25) is 6.10 Å². The normalized spacial score (nSPS) is 15.6. The topological polar surface area (TPSA) is 56.8 Å². The SMILES string of the molecule is CCCCOc1ccccc1NC(=O)[C@H]1COc2ccccc2O1. The lowest BCUT2D eigenvalue weighted by Gasteiger charge is -2.25. The quantitative estimate of drug-likeness (QED) is 0.823. The van der Waals surface area contributed by atoms with Crippen molar-refractivity contribution in [3.8, 4) is 17.2 Å². The molecule has 5 nitrogen and oxygen atoms in total. The molecule has 0 unspecified atom stereocenters. The van der Waals surface area contributed by atoms with E-state index in [0.29, 0.717) is 29.5 Å². The van der Waals surface area contributed by atoms with Crippen LogP contribution in [-0.4, -0.2) is 25.2 Å². The molecule has 2 aromatic rings. The second kappa shape index (κ2) is 7.73. The van der Waals surface area contributed by atoms with Gasteiger partial charge in [-0.1, -0.05) is 37.6 Å². The van der Waals surface area contributed by atoms with Gasteiger partial charge in [0, 0.05) is 0 Å². The fourth-order valence-corrected chi connectivity index (χ4v) is 2.38. The Balaban J connectivity index is 1.65. The molecule has 0 aliphatic carbocycles. The molecule has 24 heavy (non-hydrogen) atoms. The van der Waals surface area contributed by atoms with Crippen molar-refractivity contribution in [3.63, 3.8) is 0 Å². The Labute approximate surface area is 141 Å². The molecular weight excluding hydrogens is 306 g/mol. The molecule has 0 fully saturated rings. The minimum Gasteiger partial charge on any atom is -0.491 e. The maximum Gasteiger partial charge on any atom is 0.269 e. The third-order valence-corrected chi connectivity index (χ3v) is 3.70. The number of fused-ring (bicyclic) bond motifs is 1. The van der Waals surface area contributed by atoms with Crippen LogP contribution in [0.2, 0.25) is 0 Å². The molecule has 126 valence electrons. The Morgan fingerprint density at radius 1 is 1.17 bits per heavy atom. The highest BCUT2D eigenvalue weighted by Gasteiger charge is 2.27. The van der Waals surface area contributed by atoms with E-state index in [9.17, 15) is 4.79 Å². The molecule has 0 bridgehead atoms. The Kier molecular flexibility index (Phi) is 5.21. The molecule has 1 heterocycles. The number of benzene rings is 2. The highest BCUT2D eigenvalue weighted by molar-refractivity contribution is 5.96. The molecule has 1 aliphatic heterocycles. The molecule has 3 rings (SSSR count). The zero-order valence-corrected chi connectivity index (χ0v) is 13.7. The molecular formula is C19H21NO4. The summed E-state index contributed by atoms with van der Waals surface area (Å²) in [6, 6.07) is 14.7. The summed E-state index contributed by atoms with van der Waals surface area (Å²) in [6.07, 6.45) is 1.34. The Morgan fingerprint density at radius 3 is 2.75 bits per heavy atom. The second-order valence-corrected chi connectivity index (χ2v) is 5.55. The van der Waals surface area contributed by atoms with E-state index in [2.05, 4.69) is 12.2 Å². The zero-order valence-electron chi connectivity index (χ0n) is 13.7. The van der Waals surface area contributed by atoms with E-state index in [1.54, 1.807) is 6.07 Å². The number of unbranched alkanes of at least 4 members (excludes halogenated alkanes) is 1. The number of hydrogen-bond acceptors (Lipinski definition) is 4. The average Bonchev–Trinajstić information content (AvgIpc) is 2.63. The lowest BCUT2D eigenvalue weighted by atomic mass is 10.2. The van der Waals surface area contributed by atoms with Crippen LogP contribution < -0.4 is 19.5 Å². The second-order valence-electron chi connectivity index (χ2n) is 5.55. The highest BCUT2D eigenvalue weighted by Crippen LogP contribution is 2.31. The van der Waals surface area contributed by atoms with Crippen molar-refractivity contribution in [2.45, 2.75) is 25.9 Å². The van der Waals surface area contributed by atoms with Gasteiger partial charge in [0.1, 0.15) is 12.4 Å². The van der Waals surface area contributed by atoms with E-state index in [0.717, 1.165) is 12.8 Å². The molecule has 1 atom stereocenters. The largest absolute Gasteiger partial charge is 0.491 e. The van der Waals surface area contributed by atoms with Crippen LogP contribution in [-0.2, 0) is 4.79 Å². The Bertz CT molecular complexity index is 701. The summed E-state index contributed by atoms with van der Waals surface area (Å²) < 4.78 is 17.0. The van der Waals surface area contributed by atoms with Crippen molar-refractivity contribution in [3.05, 3.63) is 48.5 Å². The van der Waals surface area contributed by atoms with Crippen molar-refractivity contribution in [2.75, 3.05) is 18.5 Å². The van der Waals surface area contributed by atoms with Crippen LogP contribution in [0.25, 0.3) is 0 Å². The van der Waals surface area contributed by atoms with Crippen molar-refractivity contribution in [2.24, 2.45) is 0 Å². The summed E-state index contributed by atoms with van der Waals surface area (Å²) in [5.41, 5.74) is 0.640. The van der Waals surface area contributed by atoms with Crippen molar-refractivity contribution in [1.82, 2.24) is 0 Å². The first-order valence-electron chi connectivity index (χ1n) is 8.19. The number of carbonyl (C=O) groups excluding carboxylic acids is 1. The summed E-state index contributed by atoms with van der Waals surface area (Å²) in [5.74, 6) is 1.65. The monoisotopic (exact) mass is 327 g/mol. The Morgan fingerprint density at radius 2 is 1.92 bits per heavy atom. The first-order valence-corrected chi connectivity index (χ1v) is 8.19. The summed E-state index contributed by atoms with van der Waals surface area (Å²) in [5, 5.41) is 2.87. The van der Waals surface area contributed by atoms with E-state index < -0.39 is 6.10 Å². The number of para-hydroxylation sites is 4. The number of carbonyl (C=O) groups is 1. The van der Waals surface area contributed by atoms with E-state index in [4.69, 9.17) is 14.2 Å². The third-order valence-electron chi connectivity index (χ3n) is 3.70. The molecule has 0 radical (unpaired) electrons. The van der Waals surface area contributed by atoms with Gasteiger partial charge in [0.25, 0.3) is 5.91 Å². The molecule has 0 spiro atoms. The van der Waals surface area contributed by atoms with Gasteiger partial charge in [-0.05, 0) is 30.7 Å². The maximum absolute atomic E-state index is 12.5. The van der Waals surface area contributed by atoms with Gasteiger partial charge < -0.3 is 19.5 Å². The van der Waals surface area contributed by atoms with E-state index in [-0.39, 0.29) is 12.5 Å². The molecule has 0 saturated carbocycles. The molecule has 1 amide bonds. The average molecular weight is 327 g/mol. The molecule has 0 saturated heterocycles. The first-order chi connectivity index (χ1) is 11.8. The molecule has 0 aromatic heterocycles. The van der Waals surface area contributed by atoms with Crippen LogP contribution >= 0.6 is 0 Å². The van der Waals surface area contributed by atoms with Crippen LogP contribution in [0.4, 0.5) is 5.69 Å². The van der Waals surface area contributed by atoms with Crippen LogP contribution in [0.1, 0.15) is 19.8 Å². The van der Waals surface area contributed by atoms with Crippen molar-refractivity contribution in [1.29, 1.82) is 0 Å². The number of ether oxygens (including phenoxy) is 3. The third kappa shape index (κ3) is 3.79. The van der Waals surface area contributed by atoms with Gasteiger partial charge in [0.15, 0.2) is 11.5 Å². The minimum atomic E-state index is -0.691. The Hall–Kier alpha value is -2.69. The fraction of sp³-hybridized carbons (Fsp3) is 0.316. The molecule has 5 heteroatoms. The van der Waals surface area contributed by atoms with Crippen molar-refractivity contribution >= 4 is 11.6 Å². The van der Waals surface area contributed by atoms with Crippen LogP contribution in [0.15, 0.2) is 48.5 Å². The van der Waals surface area contributed by atoms with Gasteiger partial charge in [-0.25, -0.2) is 0 Å². The number of anilines is 1. The van der Waals surface area contributed by atoms with E-state index >= 15 is 0 Å². The maximum atomic E-state index is 12.5. The van der Waals surface area contributed by atoms with Gasteiger partial charge in [-0.3, -0.25) is 4.79 Å². The number of amides is 1. The standard InChI is InChI=1S/C19H21NO4/c1-2-3-12-22-15-9-5-4-8-14(15)20-19(21)18-13-23-16-10-6-7-11-17(16)24-18/h4-11,18H,2-3,12-13H2,1H3,(H,20,21)/t18-/m1/s1. The molecule has 1 N–H and O–H groups in total. The molecule has 1 aliphatic rings. The summed E-state index contributed by atoms with van der Waals surface area (Å²) >= 11 is 0. The summed E-state index contributed by atoms with van der Waals surface area (Å²) in [7, 11) is 0. The van der Waals surface area contributed by atoms with Gasteiger partial charge in [-0.2, -0.15) is 0 Å². The van der Waals surface area contributed by atoms with Gasteiger partial charge in [-0.15, -0.1) is 0 Å². The lowest BCUT2D eigenvalue weighted by molar-refractivity contribution is -0.125. The predicted octanol–water partition coefficient (Wildman–Crippen LogP) is 3.64. The van der Waals surface area contributed by atoms with Crippen LogP contribution in [0.3, 0.4) is 0 Å². The summed E-state index contributed by atoms with van der Waals surface area (Å²) in [4.78, 5) is 12.5. The van der Waals surface area contributed by atoms with Crippen molar-refractivity contribution < 1.29 is 19.0 Å². The van der Waals surface area contributed by atoms with Gasteiger partial charge in [0.05, 0.1) is 12.3 Å². The number of nitrogens with one attached hydrogen (secondary N) is 1. The predicted molar refractivity (Wildman–Crippen MR) is 91.8 cm³/mol. The summed E-state index contributed by atoms with van der Waals surface area (Å²) in [6.45, 7) is 2.91. The first kappa shape index (κ1) is 16.2. The highest BCUT2D eigenvalue weighted by atomic mass is 16.6.